The average molecular weight is 293 g/mol. The molecule has 1 rings (SSSR count). The second kappa shape index (κ2) is 6.55. The first-order valence-corrected chi connectivity index (χ1v) is 6.97. The molecule has 2 amide bonds. The molecule has 0 aliphatic heterocycles. The smallest absolute Gasteiger partial charge is 0.261 e. The Balaban J connectivity index is 2.85. The van der Waals surface area contributed by atoms with Gasteiger partial charge in [0.05, 0.1) is 16.3 Å². The van der Waals surface area contributed by atoms with Crippen molar-refractivity contribution in [3.8, 4) is 11.8 Å². The summed E-state index contributed by atoms with van der Waals surface area (Å²) in [6.07, 6.45) is 0.0862. The van der Waals surface area contributed by atoms with Crippen LogP contribution in [0.25, 0.3) is 0 Å². The number of rotatable bonds is 4. The number of nitrogens with one attached hydrogen (secondary N) is 1. The molecule has 0 aromatic carbocycles. The van der Waals surface area contributed by atoms with Gasteiger partial charge >= 0.3 is 0 Å². The maximum Gasteiger partial charge on any atom is 0.261 e. The van der Waals surface area contributed by atoms with Gasteiger partial charge in [-0.05, 0) is 32.4 Å². The third-order valence-electron chi connectivity index (χ3n) is 2.51. The van der Waals surface area contributed by atoms with Crippen LogP contribution in [0.1, 0.15) is 40.4 Å². The molecule has 0 bridgehead atoms. The van der Waals surface area contributed by atoms with Crippen molar-refractivity contribution in [1.29, 1.82) is 0 Å². The van der Waals surface area contributed by atoms with Gasteiger partial charge in [0.15, 0.2) is 0 Å². The van der Waals surface area contributed by atoms with E-state index in [-0.39, 0.29) is 18.9 Å². The number of hydrogen-bond acceptors (Lipinski definition) is 4. The molecule has 108 valence electrons. The van der Waals surface area contributed by atoms with Crippen molar-refractivity contribution >= 4 is 23.2 Å². The van der Waals surface area contributed by atoms with Crippen LogP contribution in [0.4, 0.5) is 0 Å². The fourth-order valence-electron chi connectivity index (χ4n) is 1.70. The summed E-state index contributed by atoms with van der Waals surface area (Å²) in [5.41, 5.74) is 10.8. The third-order valence-corrected chi connectivity index (χ3v) is 3.66. The lowest BCUT2D eigenvalue weighted by atomic mass is 10.0. The van der Waals surface area contributed by atoms with Crippen molar-refractivity contribution in [3.05, 3.63) is 21.4 Å². The molecule has 0 unspecified atom stereocenters. The van der Waals surface area contributed by atoms with Crippen molar-refractivity contribution in [2.24, 2.45) is 11.5 Å². The Morgan fingerprint density at radius 3 is 2.65 bits per heavy atom. The largest absolute Gasteiger partial charge is 0.370 e. The first-order chi connectivity index (χ1) is 9.25. The van der Waals surface area contributed by atoms with Crippen LogP contribution in [-0.2, 0) is 4.79 Å². The Labute approximate surface area is 122 Å². The Kier molecular flexibility index (Phi) is 5.31. The minimum atomic E-state index is -0.677. The normalized spacial score (nSPS) is 10.6. The predicted molar refractivity (Wildman–Crippen MR) is 80.3 cm³/mol. The van der Waals surface area contributed by atoms with Crippen LogP contribution >= 0.6 is 11.3 Å². The van der Waals surface area contributed by atoms with Gasteiger partial charge < -0.3 is 16.8 Å². The molecule has 5 N–H and O–H groups in total. The van der Waals surface area contributed by atoms with Gasteiger partial charge in [0, 0.05) is 12.0 Å². The van der Waals surface area contributed by atoms with Gasteiger partial charge in [0.2, 0.25) is 5.91 Å². The highest BCUT2D eigenvalue weighted by Crippen LogP contribution is 2.22. The lowest BCUT2D eigenvalue weighted by Crippen LogP contribution is -2.45. The summed E-state index contributed by atoms with van der Waals surface area (Å²) < 4.78 is 0. The monoisotopic (exact) mass is 293 g/mol. The zero-order chi connectivity index (χ0) is 15.3. The van der Waals surface area contributed by atoms with Crippen LogP contribution in [0.5, 0.6) is 0 Å². The van der Waals surface area contributed by atoms with Gasteiger partial charge in [-0.3, -0.25) is 9.59 Å². The van der Waals surface area contributed by atoms with Crippen molar-refractivity contribution in [1.82, 2.24) is 5.32 Å². The summed E-state index contributed by atoms with van der Waals surface area (Å²) in [4.78, 5) is 24.5. The summed E-state index contributed by atoms with van der Waals surface area (Å²) >= 11 is 1.31. The van der Waals surface area contributed by atoms with E-state index < -0.39 is 11.4 Å². The molecule has 0 fully saturated rings. The predicted octanol–water partition coefficient (Wildman–Crippen LogP) is 0.751. The van der Waals surface area contributed by atoms with Crippen molar-refractivity contribution in [2.75, 3.05) is 6.54 Å². The fraction of sp³-hybridized carbons (Fsp3) is 0.429. The molecule has 6 heteroatoms. The van der Waals surface area contributed by atoms with E-state index >= 15 is 0 Å². The van der Waals surface area contributed by atoms with Gasteiger partial charge in [0.1, 0.15) is 0 Å². The number of amides is 2. The van der Waals surface area contributed by atoms with Crippen LogP contribution in [0.15, 0.2) is 6.07 Å². The standard InChI is InChI=1S/C14H19N3O2S/c1-9-7-11(20-10(9)5-4-6-15)13(19)17-14(2,3)8-12(16)18/h7H,6,8,15H2,1-3H3,(H2,16,18)(H,17,19). The first kappa shape index (κ1) is 16.2. The number of primary amides is 1. The van der Waals surface area contributed by atoms with Gasteiger partial charge in [0.25, 0.3) is 5.91 Å². The van der Waals surface area contributed by atoms with Crippen LogP contribution in [0.3, 0.4) is 0 Å². The molecule has 0 aliphatic carbocycles. The lowest BCUT2D eigenvalue weighted by Gasteiger charge is -2.24. The third kappa shape index (κ3) is 4.68. The molecule has 1 heterocycles. The van der Waals surface area contributed by atoms with Crippen molar-refractivity contribution in [2.45, 2.75) is 32.7 Å². The molecule has 1 aromatic heterocycles. The summed E-state index contributed by atoms with van der Waals surface area (Å²) in [7, 11) is 0. The number of carbonyl (C=O) groups is 2. The number of hydrogen-bond donors (Lipinski definition) is 3. The molecule has 0 aliphatic rings. The molecule has 20 heavy (non-hydrogen) atoms. The molecular formula is C14H19N3O2S. The van der Waals surface area contributed by atoms with E-state index in [1.807, 2.05) is 6.92 Å². The van der Waals surface area contributed by atoms with Crippen LogP contribution in [0.2, 0.25) is 0 Å². The lowest BCUT2D eigenvalue weighted by molar-refractivity contribution is -0.119. The molecule has 0 saturated carbocycles. The highest BCUT2D eigenvalue weighted by Gasteiger charge is 2.24. The van der Waals surface area contributed by atoms with Gasteiger partial charge in [-0.25, -0.2) is 0 Å². The van der Waals surface area contributed by atoms with Gasteiger partial charge in [-0.15, -0.1) is 11.3 Å². The van der Waals surface area contributed by atoms with E-state index in [0.29, 0.717) is 4.88 Å². The van der Waals surface area contributed by atoms with E-state index in [1.54, 1.807) is 19.9 Å². The molecule has 1 aromatic rings. The number of aryl methyl sites for hydroxylation is 1. The Morgan fingerprint density at radius 1 is 1.45 bits per heavy atom. The van der Waals surface area contributed by atoms with Crippen LogP contribution in [0, 0.1) is 18.8 Å². The quantitative estimate of drug-likeness (QED) is 0.714. The number of nitrogens with two attached hydrogens (primary N) is 2. The van der Waals surface area contributed by atoms with Crippen LogP contribution < -0.4 is 16.8 Å². The molecule has 0 atom stereocenters. The van der Waals surface area contributed by atoms with Crippen molar-refractivity contribution < 1.29 is 9.59 Å². The molecule has 0 radical (unpaired) electrons. The summed E-state index contributed by atoms with van der Waals surface area (Å²) in [5.74, 6) is 5.02. The molecular weight excluding hydrogens is 274 g/mol. The van der Waals surface area contributed by atoms with Gasteiger partial charge in [-0.1, -0.05) is 11.8 Å². The fourth-order valence-corrected chi connectivity index (χ4v) is 2.64. The van der Waals surface area contributed by atoms with E-state index in [1.165, 1.54) is 11.3 Å². The zero-order valence-corrected chi connectivity index (χ0v) is 12.7. The Bertz CT molecular complexity index is 579. The van der Waals surface area contributed by atoms with E-state index in [4.69, 9.17) is 11.5 Å². The number of carbonyl (C=O) groups excluding carboxylic acids is 2. The molecule has 0 saturated heterocycles. The summed E-state index contributed by atoms with van der Waals surface area (Å²) in [5, 5.41) is 2.80. The summed E-state index contributed by atoms with van der Waals surface area (Å²) in [6, 6.07) is 1.78. The zero-order valence-electron chi connectivity index (χ0n) is 11.9. The van der Waals surface area contributed by atoms with Crippen LogP contribution in [-0.4, -0.2) is 23.9 Å². The summed E-state index contributed by atoms with van der Waals surface area (Å²) in [6.45, 7) is 5.68. The van der Waals surface area contributed by atoms with E-state index in [9.17, 15) is 9.59 Å². The van der Waals surface area contributed by atoms with E-state index in [0.717, 1.165) is 10.4 Å². The second-order valence-electron chi connectivity index (χ2n) is 5.11. The first-order valence-electron chi connectivity index (χ1n) is 6.15. The molecule has 0 spiro atoms. The topological polar surface area (TPSA) is 98.2 Å². The van der Waals surface area contributed by atoms with E-state index in [2.05, 4.69) is 17.2 Å². The minimum absolute atomic E-state index is 0.0862. The maximum atomic E-state index is 12.2. The molecule has 5 nitrogen and oxygen atoms in total. The van der Waals surface area contributed by atoms with Gasteiger partial charge in [-0.2, -0.15) is 0 Å². The Hall–Kier alpha value is -1.84. The number of thiophene rings is 1. The average Bonchev–Trinajstić information content (AvgIpc) is 2.65. The second-order valence-corrected chi connectivity index (χ2v) is 6.16. The van der Waals surface area contributed by atoms with Crippen molar-refractivity contribution in [3.63, 3.8) is 0 Å². The Morgan fingerprint density at radius 2 is 2.10 bits per heavy atom. The highest BCUT2D eigenvalue weighted by molar-refractivity contribution is 7.14. The highest BCUT2D eigenvalue weighted by atomic mass is 32.1. The maximum absolute atomic E-state index is 12.2. The SMILES string of the molecule is Cc1cc(C(=O)NC(C)(C)CC(N)=O)sc1C#CCN. The minimum Gasteiger partial charge on any atom is -0.370 e.